The molecule has 1 aliphatic heterocycles. The molecular weight excluding hydrogens is 266 g/mol. The van der Waals surface area contributed by atoms with E-state index in [4.69, 9.17) is 0 Å². The van der Waals surface area contributed by atoms with Crippen molar-refractivity contribution in [3.8, 4) is 0 Å². The third-order valence-electron chi connectivity index (χ3n) is 3.12. The molecule has 0 N–H and O–H groups in total. The lowest BCUT2D eigenvalue weighted by Gasteiger charge is -2.32. The van der Waals surface area contributed by atoms with Crippen LogP contribution >= 0.6 is 15.9 Å². The molecular formula is C12H20BrN3. The molecule has 3 nitrogen and oxygen atoms in total. The first-order valence-electron chi connectivity index (χ1n) is 6.07. The Bertz CT molecular complexity index is 327. The largest absolute Gasteiger partial charge is 0.303 e. The van der Waals surface area contributed by atoms with E-state index in [0.29, 0.717) is 6.04 Å². The maximum Gasteiger partial charge on any atom is 0.0632 e. The molecule has 0 aliphatic carbocycles. The molecule has 1 fully saturated rings. The van der Waals surface area contributed by atoms with Crippen LogP contribution in [-0.2, 0) is 0 Å². The second-order valence-corrected chi connectivity index (χ2v) is 5.98. The Kier molecular flexibility index (Phi) is 4.03. The zero-order chi connectivity index (χ0) is 11.5. The third-order valence-corrected chi connectivity index (χ3v) is 3.53. The van der Waals surface area contributed by atoms with Crippen LogP contribution in [0.3, 0.4) is 0 Å². The normalized spacial score (nSPS) is 19.5. The molecule has 1 aliphatic rings. The van der Waals surface area contributed by atoms with Crippen LogP contribution in [0.4, 0.5) is 0 Å². The maximum atomic E-state index is 4.38. The minimum atomic E-state index is 0.592. The molecule has 0 bridgehead atoms. The third kappa shape index (κ3) is 3.08. The number of nitrogens with zero attached hydrogens (tertiary/aromatic N) is 3. The van der Waals surface area contributed by atoms with Gasteiger partial charge >= 0.3 is 0 Å². The van der Waals surface area contributed by atoms with Crippen LogP contribution in [0.1, 0.15) is 32.7 Å². The Labute approximate surface area is 106 Å². The summed E-state index contributed by atoms with van der Waals surface area (Å²) in [7, 11) is 0. The number of halogens is 1. The Morgan fingerprint density at radius 2 is 2.12 bits per heavy atom. The maximum absolute atomic E-state index is 4.38. The van der Waals surface area contributed by atoms with E-state index in [0.717, 1.165) is 10.4 Å². The lowest BCUT2D eigenvalue weighted by molar-refractivity contribution is 0.164. The van der Waals surface area contributed by atoms with E-state index in [1.165, 1.54) is 32.5 Å². The van der Waals surface area contributed by atoms with E-state index in [2.05, 4.69) is 50.7 Å². The van der Waals surface area contributed by atoms with E-state index in [9.17, 15) is 0 Å². The van der Waals surface area contributed by atoms with Crippen molar-refractivity contribution < 1.29 is 0 Å². The molecule has 2 rings (SSSR count). The van der Waals surface area contributed by atoms with Crippen LogP contribution in [0, 0.1) is 5.92 Å². The van der Waals surface area contributed by atoms with Crippen molar-refractivity contribution in [1.29, 1.82) is 0 Å². The molecule has 0 saturated carbocycles. The van der Waals surface area contributed by atoms with Gasteiger partial charge in [-0.1, -0.05) is 13.8 Å². The summed E-state index contributed by atoms with van der Waals surface area (Å²) in [5.41, 5.74) is 0. The van der Waals surface area contributed by atoms with E-state index < -0.39 is 0 Å². The molecule has 2 heterocycles. The zero-order valence-corrected chi connectivity index (χ0v) is 11.7. The average molecular weight is 286 g/mol. The van der Waals surface area contributed by atoms with Gasteiger partial charge in [0.1, 0.15) is 0 Å². The van der Waals surface area contributed by atoms with Crippen LogP contribution < -0.4 is 0 Å². The molecule has 0 atom stereocenters. The van der Waals surface area contributed by atoms with Crippen molar-refractivity contribution in [2.75, 3.05) is 19.6 Å². The number of aromatic nitrogens is 2. The molecule has 0 amide bonds. The summed E-state index contributed by atoms with van der Waals surface area (Å²) >= 11 is 3.45. The number of likely N-dealkylation sites (tertiary alicyclic amines) is 1. The number of rotatable bonds is 3. The second-order valence-electron chi connectivity index (χ2n) is 5.06. The minimum Gasteiger partial charge on any atom is -0.303 e. The van der Waals surface area contributed by atoms with Crippen LogP contribution in [0.25, 0.3) is 0 Å². The summed E-state index contributed by atoms with van der Waals surface area (Å²) in [5, 5.41) is 4.38. The second kappa shape index (κ2) is 5.32. The van der Waals surface area contributed by atoms with Gasteiger partial charge in [0, 0.05) is 25.8 Å². The summed E-state index contributed by atoms with van der Waals surface area (Å²) in [5.74, 6) is 0.774. The predicted octanol–water partition coefficient (Wildman–Crippen LogP) is 2.94. The van der Waals surface area contributed by atoms with Crippen molar-refractivity contribution in [3.63, 3.8) is 0 Å². The Hall–Kier alpha value is -0.350. The van der Waals surface area contributed by atoms with Gasteiger partial charge in [0.05, 0.1) is 16.7 Å². The number of piperidine rings is 1. The molecule has 1 saturated heterocycles. The first-order valence-corrected chi connectivity index (χ1v) is 6.86. The fourth-order valence-corrected chi connectivity index (χ4v) is 2.70. The van der Waals surface area contributed by atoms with Crippen molar-refractivity contribution in [3.05, 3.63) is 16.9 Å². The van der Waals surface area contributed by atoms with Gasteiger partial charge in [-0.3, -0.25) is 4.68 Å². The molecule has 90 valence electrons. The highest BCUT2D eigenvalue weighted by molar-refractivity contribution is 9.10. The Morgan fingerprint density at radius 3 is 2.62 bits per heavy atom. The van der Waals surface area contributed by atoms with Gasteiger partial charge in [0.2, 0.25) is 0 Å². The van der Waals surface area contributed by atoms with E-state index >= 15 is 0 Å². The monoisotopic (exact) mass is 285 g/mol. The SMILES string of the molecule is CC(C)CN1CCC(n2cc(Br)cn2)CC1. The smallest absolute Gasteiger partial charge is 0.0632 e. The number of hydrogen-bond acceptors (Lipinski definition) is 2. The first kappa shape index (κ1) is 12.1. The molecule has 1 aromatic rings. The van der Waals surface area contributed by atoms with Crippen LogP contribution in [0.2, 0.25) is 0 Å². The molecule has 0 spiro atoms. The van der Waals surface area contributed by atoms with Crippen molar-refractivity contribution >= 4 is 15.9 Å². The average Bonchev–Trinajstić information content (AvgIpc) is 2.65. The fourth-order valence-electron chi connectivity index (χ4n) is 2.40. The van der Waals surface area contributed by atoms with Gasteiger partial charge in [-0.2, -0.15) is 5.10 Å². The van der Waals surface area contributed by atoms with Gasteiger partial charge < -0.3 is 4.90 Å². The minimum absolute atomic E-state index is 0.592. The van der Waals surface area contributed by atoms with Crippen molar-refractivity contribution in [1.82, 2.24) is 14.7 Å². The highest BCUT2D eigenvalue weighted by Gasteiger charge is 2.21. The number of hydrogen-bond donors (Lipinski definition) is 0. The summed E-state index contributed by atoms with van der Waals surface area (Å²) in [6.45, 7) is 8.23. The van der Waals surface area contributed by atoms with Gasteiger partial charge in [0.15, 0.2) is 0 Å². The first-order chi connectivity index (χ1) is 7.65. The van der Waals surface area contributed by atoms with Crippen molar-refractivity contribution in [2.24, 2.45) is 5.92 Å². The highest BCUT2D eigenvalue weighted by atomic mass is 79.9. The summed E-state index contributed by atoms with van der Waals surface area (Å²) in [6, 6.07) is 0.592. The molecule has 1 aromatic heterocycles. The lowest BCUT2D eigenvalue weighted by atomic mass is 10.0. The molecule has 0 radical (unpaired) electrons. The summed E-state index contributed by atoms with van der Waals surface area (Å²) in [6.07, 6.45) is 6.41. The topological polar surface area (TPSA) is 21.1 Å². The molecule has 0 aromatic carbocycles. The lowest BCUT2D eigenvalue weighted by Crippen LogP contribution is -2.36. The van der Waals surface area contributed by atoms with Crippen molar-refractivity contribution in [2.45, 2.75) is 32.7 Å². The van der Waals surface area contributed by atoms with Crippen LogP contribution in [-0.4, -0.2) is 34.3 Å². The molecule has 4 heteroatoms. The summed E-state index contributed by atoms with van der Waals surface area (Å²) in [4.78, 5) is 2.57. The van der Waals surface area contributed by atoms with Gasteiger partial charge in [-0.25, -0.2) is 0 Å². The van der Waals surface area contributed by atoms with E-state index in [1.54, 1.807) is 0 Å². The molecule has 16 heavy (non-hydrogen) atoms. The fraction of sp³-hybridized carbons (Fsp3) is 0.750. The quantitative estimate of drug-likeness (QED) is 0.852. The Morgan fingerprint density at radius 1 is 1.44 bits per heavy atom. The zero-order valence-electron chi connectivity index (χ0n) is 10.1. The van der Waals surface area contributed by atoms with Gasteiger partial charge in [-0.15, -0.1) is 0 Å². The van der Waals surface area contributed by atoms with E-state index in [1.807, 2.05) is 6.20 Å². The van der Waals surface area contributed by atoms with Crippen LogP contribution in [0.5, 0.6) is 0 Å². The van der Waals surface area contributed by atoms with Gasteiger partial charge in [0.25, 0.3) is 0 Å². The van der Waals surface area contributed by atoms with Crippen LogP contribution in [0.15, 0.2) is 16.9 Å². The molecule has 0 unspecified atom stereocenters. The Balaban J connectivity index is 1.85. The standard InChI is InChI=1S/C12H20BrN3/c1-10(2)8-15-5-3-12(4-6-15)16-9-11(13)7-14-16/h7,9-10,12H,3-6,8H2,1-2H3. The predicted molar refractivity (Wildman–Crippen MR) is 69.5 cm³/mol. The van der Waals surface area contributed by atoms with Gasteiger partial charge in [-0.05, 0) is 34.7 Å². The van der Waals surface area contributed by atoms with E-state index in [-0.39, 0.29) is 0 Å². The summed E-state index contributed by atoms with van der Waals surface area (Å²) < 4.78 is 3.19. The highest BCUT2D eigenvalue weighted by Crippen LogP contribution is 2.23.